The highest BCUT2D eigenvalue weighted by Crippen LogP contribution is 2.48. The van der Waals surface area contributed by atoms with Crippen LogP contribution in [0.15, 0.2) is 34.9 Å². The quantitative estimate of drug-likeness (QED) is 0.742. The summed E-state index contributed by atoms with van der Waals surface area (Å²) in [4.78, 5) is 22.0. The van der Waals surface area contributed by atoms with Crippen LogP contribution in [0.3, 0.4) is 0 Å². The number of fused-ring (bicyclic) bond motifs is 2. The number of nitrogens with zero attached hydrogens (tertiary/aromatic N) is 4. The molecule has 2 aliphatic carbocycles. The zero-order chi connectivity index (χ0) is 20.0. The van der Waals surface area contributed by atoms with Crippen molar-refractivity contribution >= 4 is 30.7 Å². The summed E-state index contributed by atoms with van der Waals surface area (Å²) in [5.41, 5.74) is 7.34. The monoisotopic (exact) mass is 467 g/mol. The summed E-state index contributed by atoms with van der Waals surface area (Å²) in [6.45, 7) is 5.19. The zero-order valence-corrected chi connectivity index (χ0v) is 19.4. The minimum absolute atomic E-state index is 0. The minimum Gasteiger partial charge on any atom is -0.340 e. The van der Waals surface area contributed by atoms with Gasteiger partial charge in [-0.2, -0.15) is 4.98 Å². The van der Waals surface area contributed by atoms with Crippen LogP contribution in [0.1, 0.15) is 38.1 Å². The molecule has 2 bridgehead atoms. The highest BCUT2D eigenvalue weighted by molar-refractivity contribution is 5.85. The molecule has 5 atom stereocenters. The van der Waals surface area contributed by atoms with Gasteiger partial charge < -0.3 is 15.2 Å². The van der Waals surface area contributed by atoms with Gasteiger partial charge >= 0.3 is 0 Å². The fourth-order valence-corrected chi connectivity index (χ4v) is 5.51. The summed E-state index contributed by atoms with van der Waals surface area (Å²) in [6, 6.07) is 9.95. The van der Waals surface area contributed by atoms with E-state index in [9.17, 15) is 4.79 Å². The molecule has 5 unspecified atom stereocenters. The fourth-order valence-electron chi connectivity index (χ4n) is 5.51. The molecule has 7 nitrogen and oxygen atoms in total. The van der Waals surface area contributed by atoms with E-state index < -0.39 is 0 Å². The van der Waals surface area contributed by atoms with Crippen molar-refractivity contribution in [3.05, 3.63) is 36.2 Å². The Morgan fingerprint density at radius 1 is 1.10 bits per heavy atom. The second-order valence-corrected chi connectivity index (χ2v) is 8.80. The Morgan fingerprint density at radius 2 is 1.77 bits per heavy atom. The number of hydrogen-bond donors (Lipinski definition) is 1. The summed E-state index contributed by atoms with van der Waals surface area (Å²) in [5.74, 6) is 2.63. The summed E-state index contributed by atoms with van der Waals surface area (Å²) < 4.78 is 5.54. The highest BCUT2D eigenvalue weighted by atomic mass is 35.5. The van der Waals surface area contributed by atoms with E-state index in [0.29, 0.717) is 23.6 Å². The van der Waals surface area contributed by atoms with Gasteiger partial charge in [-0.15, -0.1) is 24.8 Å². The van der Waals surface area contributed by atoms with Gasteiger partial charge in [-0.25, -0.2) is 0 Å². The number of rotatable bonds is 4. The number of halogens is 2. The van der Waals surface area contributed by atoms with Gasteiger partial charge in [0.2, 0.25) is 17.6 Å². The first-order valence-electron chi connectivity index (χ1n) is 10.8. The predicted octanol–water partition coefficient (Wildman–Crippen LogP) is 3.16. The minimum atomic E-state index is 0. The topological polar surface area (TPSA) is 88.5 Å². The van der Waals surface area contributed by atoms with Crippen LogP contribution in [0.5, 0.6) is 0 Å². The van der Waals surface area contributed by atoms with Crippen molar-refractivity contribution in [3.63, 3.8) is 0 Å². The molecule has 1 saturated heterocycles. The number of hydrogen-bond acceptors (Lipinski definition) is 6. The Balaban J connectivity index is 0.00000136. The van der Waals surface area contributed by atoms with Crippen molar-refractivity contribution in [2.45, 2.75) is 38.3 Å². The van der Waals surface area contributed by atoms with Crippen LogP contribution in [-0.2, 0) is 4.79 Å². The fraction of sp³-hybridized carbons (Fsp3) is 0.591. The van der Waals surface area contributed by atoms with Crippen LogP contribution in [0.4, 0.5) is 0 Å². The van der Waals surface area contributed by atoms with Crippen molar-refractivity contribution in [3.8, 4) is 11.4 Å². The predicted molar refractivity (Wildman–Crippen MR) is 123 cm³/mol. The number of carbonyl (C=O) groups is 1. The van der Waals surface area contributed by atoms with Crippen LogP contribution in [-0.4, -0.2) is 58.1 Å². The lowest BCUT2D eigenvalue weighted by atomic mass is 9.84. The van der Waals surface area contributed by atoms with Crippen molar-refractivity contribution in [1.29, 1.82) is 0 Å². The van der Waals surface area contributed by atoms with Gasteiger partial charge in [-0.3, -0.25) is 9.69 Å². The number of nitrogens with two attached hydrogens (primary N) is 1. The maximum Gasteiger partial charge on any atom is 0.244 e. The van der Waals surface area contributed by atoms with Crippen molar-refractivity contribution in [2.75, 3.05) is 26.2 Å². The van der Waals surface area contributed by atoms with Crippen LogP contribution < -0.4 is 5.73 Å². The van der Waals surface area contributed by atoms with E-state index in [4.69, 9.17) is 10.3 Å². The van der Waals surface area contributed by atoms with Crippen LogP contribution in [0.2, 0.25) is 0 Å². The summed E-state index contributed by atoms with van der Waals surface area (Å²) in [7, 11) is 0. The average Bonchev–Trinajstić information content (AvgIpc) is 3.50. The molecule has 3 fully saturated rings. The molecule has 2 aromatic rings. The number of amides is 1. The largest absolute Gasteiger partial charge is 0.340 e. The van der Waals surface area contributed by atoms with Gasteiger partial charge in [0.15, 0.2) is 0 Å². The molecule has 170 valence electrons. The van der Waals surface area contributed by atoms with Gasteiger partial charge in [-0.1, -0.05) is 35.5 Å². The molecular weight excluding hydrogens is 437 g/mol. The molecule has 1 amide bonds. The summed E-state index contributed by atoms with van der Waals surface area (Å²) >= 11 is 0. The zero-order valence-electron chi connectivity index (χ0n) is 17.7. The molecule has 2 saturated carbocycles. The molecule has 9 heteroatoms. The number of piperazine rings is 1. The lowest BCUT2D eigenvalue weighted by Gasteiger charge is -2.39. The molecule has 1 aromatic heterocycles. The smallest absolute Gasteiger partial charge is 0.244 e. The Bertz CT molecular complexity index is 870. The molecule has 5 rings (SSSR count). The summed E-state index contributed by atoms with van der Waals surface area (Å²) in [6.07, 6.45) is 3.53. The van der Waals surface area contributed by atoms with E-state index in [1.54, 1.807) is 0 Å². The van der Waals surface area contributed by atoms with Gasteiger partial charge in [0.25, 0.3) is 0 Å². The lowest BCUT2D eigenvalue weighted by molar-refractivity contribution is -0.140. The van der Waals surface area contributed by atoms with E-state index in [1.807, 2.05) is 35.2 Å². The van der Waals surface area contributed by atoms with Crippen molar-refractivity contribution in [1.82, 2.24) is 19.9 Å². The molecular formula is C22H31Cl2N5O2. The Labute approximate surface area is 195 Å². The lowest BCUT2D eigenvalue weighted by Crippen LogP contribution is -2.54. The van der Waals surface area contributed by atoms with Gasteiger partial charge in [0.05, 0.1) is 12.0 Å². The van der Waals surface area contributed by atoms with Gasteiger partial charge in [-0.05, 0) is 38.0 Å². The van der Waals surface area contributed by atoms with Crippen LogP contribution in [0.25, 0.3) is 11.4 Å². The third kappa shape index (κ3) is 4.46. The first-order chi connectivity index (χ1) is 14.1. The van der Waals surface area contributed by atoms with Crippen LogP contribution >= 0.6 is 24.8 Å². The summed E-state index contributed by atoms with van der Waals surface area (Å²) in [5, 5.41) is 4.14. The van der Waals surface area contributed by atoms with E-state index in [2.05, 4.69) is 22.0 Å². The molecule has 1 aromatic carbocycles. The molecule has 3 aliphatic rings. The standard InChI is InChI=1S/C22H29N5O2.2ClH/c1-14(21-24-20(25-29-21)15-5-3-2-4-6-15)26-9-11-27(12-10-26)22(28)18-16-7-8-17(13-16)19(18)23;;/h2-6,14,16-19H,7-13,23H2,1H3;2*1H. The molecule has 0 radical (unpaired) electrons. The normalized spacial score (nSPS) is 28.6. The SMILES string of the molecule is CC(c1nc(-c2ccccc2)no1)N1CCN(C(=O)C2C3CCC(C3)C2N)CC1.Cl.Cl. The Morgan fingerprint density at radius 3 is 2.42 bits per heavy atom. The van der Waals surface area contributed by atoms with E-state index >= 15 is 0 Å². The average molecular weight is 468 g/mol. The maximum absolute atomic E-state index is 13.1. The van der Waals surface area contributed by atoms with E-state index in [1.165, 1.54) is 12.8 Å². The first kappa shape index (κ1) is 24.0. The first-order valence-corrected chi connectivity index (χ1v) is 10.8. The second-order valence-electron chi connectivity index (χ2n) is 8.80. The Hall–Kier alpha value is -1.67. The molecule has 2 heterocycles. The van der Waals surface area contributed by atoms with Crippen molar-refractivity contribution < 1.29 is 9.32 Å². The van der Waals surface area contributed by atoms with Crippen LogP contribution in [0, 0.1) is 17.8 Å². The number of carbonyl (C=O) groups excluding carboxylic acids is 1. The van der Waals surface area contributed by atoms with E-state index in [0.717, 1.165) is 38.2 Å². The third-order valence-corrected chi connectivity index (χ3v) is 7.27. The number of aromatic nitrogens is 2. The second kappa shape index (κ2) is 9.86. The molecule has 31 heavy (non-hydrogen) atoms. The number of benzene rings is 1. The van der Waals surface area contributed by atoms with Crippen molar-refractivity contribution in [2.24, 2.45) is 23.5 Å². The van der Waals surface area contributed by atoms with Gasteiger partial charge in [0.1, 0.15) is 0 Å². The Kier molecular flexibility index (Phi) is 7.63. The molecule has 2 N–H and O–H groups in total. The van der Waals surface area contributed by atoms with Gasteiger partial charge in [0, 0.05) is 37.8 Å². The molecule has 0 spiro atoms. The highest BCUT2D eigenvalue weighted by Gasteiger charge is 2.50. The molecule has 1 aliphatic heterocycles. The maximum atomic E-state index is 13.1. The van der Waals surface area contributed by atoms with E-state index in [-0.39, 0.29) is 48.7 Å². The third-order valence-electron chi connectivity index (χ3n) is 7.27.